The topological polar surface area (TPSA) is 111 Å². The molecule has 0 unspecified atom stereocenters. The molecule has 0 aliphatic carbocycles. The van der Waals surface area contributed by atoms with Gasteiger partial charge in [0.05, 0.1) is 31.0 Å². The smallest absolute Gasteiger partial charge is 0.339 e. The van der Waals surface area contributed by atoms with Crippen LogP contribution >= 0.6 is 0 Å². The molecule has 158 valence electrons. The minimum absolute atomic E-state index is 0.00920. The molecule has 2 aromatic carbocycles. The van der Waals surface area contributed by atoms with Crippen molar-refractivity contribution in [1.29, 1.82) is 0 Å². The highest BCUT2D eigenvalue weighted by Gasteiger charge is 2.22. The van der Waals surface area contributed by atoms with Crippen molar-refractivity contribution in [2.75, 3.05) is 24.9 Å². The van der Waals surface area contributed by atoms with Gasteiger partial charge in [-0.2, -0.15) is 0 Å². The molecular weight excluding hydrogens is 388 g/mol. The summed E-state index contributed by atoms with van der Waals surface area (Å²) in [4.78, 5) is 48.9. The third kappa shape index (κ3) is 5.02. The van der Waals surface area contributed by atoms with Crippen molar-refractivity contribution < 1.29 is 28.7 Å². The molecule has 2 aromatic rings. The van der Waals surface area contributed by atoms with E-state index in [2.05, 4.69) is 15.4 Å². The van der Waals surface area contributed by atoms with Crippen molar-refractivity contribution in [1.82, 2.24) is 0 Å². The van der Waals surface area contributed by atoms with Crippen LogP contribution in [0, 0.1) is 6.92 Å². The number of nitrogens with one attached hydrogen (secondary N) is 2. The number of hydrogen-bond acceptors (Lipinski definition) is 6. The molecule has 30 heavy (non-hydrogen) atoms. The van der Waals surface area contributed by atoms with E-state index in [-0.39, 0.29) is 22.7 Å². The maximum Gasteiger partial charge on any atom is 0.339 e. The second-order valence-corrected chi connectivity index (χ2v) is 6.85. The summed E-state index contributed by atoms with van der Waals surface area (Å²) in [6, 6.07) is 9.49. The van der Waals surface area contributed by atoms with Gasteiger partial charge in [-0.1, -0.05) is 32.0 Å². The number of para-hydroxylation sites is 1. The molecule has 2 N–H and O–H groups in total. The molecule has 2 rings (SSSR count). The van der Waals surface area contributed by atoms with Crippen molar-refractivity contribution in [3.8, 4) is 0 Å². The Balaban J connectivity index is 2.32. The Morgan fingerprint density at radius 1 is 0.867 bits per heavy atom. The first-order valence-electron chi connectivity index (χ1n) is 9.22. The van der Waals surface area contributed by atoms with Gasteiger partial charge < -0.3 is 20.1 Å². The summed E-state index contributed by atoms with van der Waals surface area (Å²) in [6.45, 7) is 5.78. The number of methoxy groups -OCH3 is 2. The zero-order chi connectivity index (χ0) is 22.4. The van der Waals surface area contributed by atoms with Crippen LogP contribution in [0.5, 0.6) is 0 Å². The van der Waals surface area contributed by atoms with E-state index in [1.54, 1.807) is 0 Å². The molecule has 0 spiro atoms. The number of esters is 2. The molecule has 0 heterocycles. The molecule has 0 bridgehead atoms. The van der Waals surface area contributed by atoms with E-state index in [4.69, 9.17) is 4.74 Å². The molecule has 0 saturated heterocycles. The summed E-state index contributed by atoms with van der Waals surface area (Å²) in [5, 5.41) is 5.01. The number of rotatable bonds is 5. The third-order valence-electron chi connectivity index (χ3n) is 4.47. The van der Waals surface area contributed by atoms with Crippen molar-refractivity contribution >= 4 is 35.1 Å². The van der Waals surface area contributed by atoms with Gasteiger partial charge in [-0.25, -0.2) is 9.59 Å². The van der Waals surface area contributed by atoms with Gasteiger partial charge in [0.15, 0.2) is 0 Å². The highest BCUT2D eigenvalue weighted by atomic mass is 16.5. The van der Waals surface area contributed by atoms with Gasteiger partial charge in [0, 0.05) is 5.69 Å². The van der Waals surface area contributed by atoms with Crippen LogP contribution < -0.4 is 10.6 Å². The van der Waals surface area contributed by atoms with Crippen LogP contribution in [0.15, 0.2) is 36.4 Å². The maximum absolute atomic E-state index is 12.5. The lowest BCUT2D eigenvalue weighted by atomic mass is 9.98. The van der Waals surface area contributed by atoms with E-state index in [9.17, 15) is 19.2 Å². The second-order valence-electron chi connectivity index (χ2n) is 6.85. The molecule has 2 amide bonds. The van der Waals surface area contributed by atoms with Crippen LogP contribution in [0.25, 0.3) is 0 Å². The monoisotopic (exact) mass is 412 g/mol. The van der Waals surface area contributed by atoms with Crippen LogP contribution in [0.3, 0.4) is 0 Å². The van der Waals surface area contributed by atoms with Gasteiger partial charge >= 0.3 is 23.8 Å². The number of hydrogen-bond donors (Lipinski definition) is 2. The average molecular weight is 412 g/mol. The lowest BCUT2D eigenvalue weighted by Gasteiger charge is -2.16. The largest absolute Gasteiger partial charge is 0.465 e. The minimum Gasteiger partial charge on any atom is -0.465 e. The normalized spacial score (nSPS) is 10.3. The summed E-state index contributed by atoms with van der Waals surface area (Å²) >= 11 is 0. The van der Waals surface area contributed by atoms with Crippen molar-refractivity contribution in [2.24, 2.45) is 0 Å². The van der Waals surface area contributed by atoms with E-state index in [0.717, 1.165) is 11.1 Å². The lowest BCUT2D eigenvalue weighted by Crippen LogP contribution is -2.30. The Kier molecular flexibility index (Phi) is 7.30. The van der Waals surface area contributed by atoms with E-state index in [1.807, 2.05) is 39.0 Å². The Hall–Kier alpha value is -3.68. The number of carbonyl (C=O) groups is 4. The zero-order valence-corrected chi connectivity index (χ0v) is 17.5. The summed E-state index contributed by atoms with van der Waals surface area (Å²) in [7, 11) is 2.39. The number of ether oxygens (including phenoxy) is 2. The first kappa shape index (κ1) is 22.6. The van der Waals surface area contributed by atoms with Crippen LogP contribution in [0.4, 0.5) is 11.4 Å². The summed E-state index contributed by atoms with van der Waals surface area (Å²) in [6.07, 6.45) is 0. The minimum atomic E-state index is -1.000. The molecule has 0 radical (unpaired) electrons. The molecular formula is C22H24N2O6. The third-order valence-corrected chi connectivity index (χ3v) is 4.47. The van der Waals surface area contributed by atoms with Gasteiger partial charge in [0.1, 0.15) is 0 Å². The van der Waals surface area contributed by atoms with Crippen molar-refractivity contribution in [3.05, 3.63) is 58.7 Å². The first-order valence-corrected chi connectivity index (χ1v) is 9.22. The Labute approximate surface area is 174 Å². The molecule has 0 aliphatic rings. The fourth-order valence-corrected chi connectivity index (χ4v) is 2.87. The lowest BCUT2D eigenvalue weighted by molar-refractivity contribution is -0.133. The highest BCUT2D eigenvalue weighted by Crippen LogP contribution is 2.27. The molecule has 0 aromatic heterocycles. The van der Waals surface area contributed by atoms with Gasteiger partial charge in [-0.3, -0.25) is 9.59 Å². The van der Waals surface area contributed by atoms with E-state index in [0.29, 0.717) is 5.69 Å². The number of carbonyl (C=O) groups excluding carboxylic acids is 4. The number of anilines is 2. The summed E-state index contributed by atoms with van der Waals surface area (Å²) in [5.41, 5.74) is 2.30. The van der Waals surface area contributed by atoms with Gasteiger partial charge in [-0.15, -0.1) is 0 Å². The fourth-order valence-electron chi connectivity index (χ4n) is 2.87. The standard InChI is InChI=1S/C22H24N2O6/c1-12(2)15-8-6-7-13(3)18(15)24-20(26)19(25)23-17-11-14(21(27)29-4)9-10-16(17)22(28)30-5/h6-12H,1-5H3,(H,23,25)(H,24,26). The quantitative estimate of drug-likeness (QED) is 0.576. The highest BCUT2D eigenvalue weighted by molar-refractivity contribution is 6.44. The van der Waals surface area contributed by atoms with Crippen LogP contribution in [-0.2, 0) is 19.1 Å². The summed E-state index contributed by atoms with van der Waals surface area (Å²) in [5.74, 6) is -3.17. The van der Waals surface area contributed by atoms with Crippen molar-refractivity contribution in [2.45, 2.75) is 26.7 Å². The molecule has 0 saturated carbocycles. The number of benzene rings is 2. The second kappa shape index (κ2) is 9.69. The van der Waals surface area contributed by atoms with E-state index in [1.165, 1.54) is 32.4 Å². The average Bonchev–Trinajstić information content (AvgIpc) is 2.73. The number of aryl methyl sites for hydroxylation is 1. The molecule has 0 fully saturated rings. The van der Waals surface area contributed by atoms with Gasteiger partial charge in [0.2, 0.25) is 0 Å². The van der Waals surface area contributed by atoms with E-state index < -0.39 is 23.8 Å². The Morgan fingerprint density at radius 3 is 2.10 bits per heavy atom. The molecule has 8 nitrogen and oxygen atoms in total. The SMILES string of the molecule is COC(=O)c1ccc(C(=O)OC)c(NC(=O)C(=O)Nc2c(C)cccc2C(C)C)c1. The van der Waals surface area contributed by atoms with Crippen LogP contribution in [0.1, 0.15) is 51.6 Å². The predicted octanol–water partition coefficient (Wildman–Crippen LogP) is 3.27. The van der Waals surface area contributed by atoms with E-state index >= 15 is 0 Å². The van der Waals surface area contributed by atoms with Gasteiger partial charge in [-0.05, 0) is 42.2 Å². The van der Waals surface area contributed by atoms with Crippen molar-refractivity contribution in [3.63, 3.8) is 0 Å². The Morgan fingerprint density at radius 2 is 1.50 bits per heavy atom. The summed E-state index contributed by atoms with van der Waals surface area (Å²) < 4.78 is 9.34. The van der Waals surface area contributed by atoms with Gasteiger partial charge in [0.25, 0.3) is 0 Å². The maximum atomic E-state index is 12.5. The predicted molar refractivity (Wildman–Crippen MR) is 112 cm³/mol. The van der Waals surface area contributed by atoms with Crippen LogP contribution in [-0.4, -0.2) is 38.0 Å². The molecule has 0 atom stereocenters. The van der Waals surface area contributed by atoms with Crippen LogP contribution in [0.2, 0.25) is 0 Å². The first-order chi connectivity index (χ1) is 14.2. The Bertz CT molecular complexity index is 997. The molecule has 8 heteroatoms. The fraction of sp³-hybridized carbons (Fsp3) is 0.273. The number of amides is 2. The molecule has 0 aliphatic heterocycles. The zero-order valence-electron chi connectivity index (χ0n) is 17.5.